The normalized spacial score (nSPS) is 19.7. The van der Waals surface area contributed by atoms with Crippen molar-refractivity contribution in [2.24, 2.45) is 16.8 Å². The number of hydrogen-bond donors (Lipinski definition) is 5. The smallest absolute Gasteiger partial charge is 0.260 e. The van der Waals surface area contributed by atoms with Crippen LogP contribution in [0.4, 0.5) is 11.4 Å². The number of benzene rings is 3. The molecule has 22 heteroatoms. The van der Waals surface area contributed by atoms with E-state index in [4.69, 9.17) is 28.7 Å². The standard InChI is InChI=1S/C61H80N10O12/c1-12-19-47-37(6)56(66-57(74)38(7)64-59(76)55(36(4)5)65-53(72)20-16-15-17-25-69-54(73)32-46(61(69)78)67-68(8)14-3)71(47)48-33-52(50(81-11)30-44(48)58(75)62-13-2)83-27-18-26-82-51-31-45-43(29-49(51)80-10)60(77)70-35-40(28-41(70)34-63-45)39-21-23-42(79-9)24-22-39/h12-13,21-24,29-31,33-38,41,46-47,55-56,67H,1-2,14-20,25-28,32H2,3-11H3,(H,62,75)(H,64,76)(H,65,72)(H,66,74)/t37-,38-,41?,46?,47-,55-,56?/m0/s1. The van der Waals surface area contributed by atoms with Gasteiger partial charge >= 0.3 is 0 Å². The number of hydrazine groups is 1. The number of hydrogen-bond acceptors (Lipinski definition) is 16. The highest BCUT2D eigenvalue weighted by Gasteiger charge is 2.48. The molecule has 2 fully saturated rings. The fraction of sp³-hybridized carbons (Fsp3) is 0.475. The molecular weight excluding hydrogens is 1060 g/mol. The molecule has 0 spiro atoms. The largest absolute Gasteiger partial charge is 0.497 e. The molecule has 0 radical (unpaired) electrons. The van der Waals surface area contributed by atoms with Crippen LogP contribution in [0.15, 0.2) is 85.2 Å². The number of carbonyl (C=O) groups excluding carboxylic acids is 7. The van der Waals surface area contributed by atoms with Gasteiger partial charge < -0.3 is 54.8 Å². The molecule has 0 bridgehead atoms. The van der Waals surface area contributed by atoms with E-state index in [1.807, 2.05) is 56.3 Å². The van der Waals surface area contributed by atoms with Crippen molar-refractivity contribution in [3.8, 4) is 28.7 Å². The van der Waals surface area contributed by atoms with Crippen molar-refractivity contribution in [1.29, 1.82) is 0 Å². The summed E-state index contributed by atoms with van der Waals surface area (Å²) in [5, 5.41) is 13.1. The van der Waals surface area contributed by atoms with Crippen LogP contribution in [0.1, 0.15) is 112 Å². The van der Waals surface area contributed by atoms with Crippen LogP contribution in [0.5, 0.6) is 28.7 Å². The summed E-state index contributed by atoms with van der Waals surface area (Å²) in [6.45, 7) is 18.0. The van der Waals surface area contributed by atoms with Crippen LogP contribution >= 0.6 is 0 Å². The SMILES string of the molecule is C=CC[C@H]1[C@H](C)C(NC(=O)[C@H](C)NC(=O)[C@@H](NC(=O)CCCCCN2C(=O)CC(NN(C)CC)C2=O)C(C)C)N1c1cc(OCCCOc2cc3c(cc2OC)C(=O)N2C=C(c4ccc(OC)cc4)CC2C=N3)c(OC)cc1C(=O)NC=C. The highest BCUT2D eigenvalue weighted by atomic mass is 16.5. The van der Waals surface area contributed by atoms with Gasteiger partial charge in [0.25, 0.3) is 11.8 Å². The zero-order valence-corrected chi connectivity index (χ0v) is 49.1. The van der Waals surface area contributed by atoms with E-state index in [1.54, 1.807) is 74.3 Å². The van der Waals surface area contributed by atoms with Crippen molar-refractivity contribution >= 4 is 64.5 Å². The number of carbonyl (C=O) groups is 7. The zero-order chi connectivity index (χ0) is 60.1. The fourth-order valence-electron chi connectivity index (χ4n) is 10.6. The predicted octanol–water partition coefficient (Wildman–Crippen LogP) is 6.04. The van der Waals surface area contributed by atoms with Gasteiger partial charge in [0.15, 0.2) is 23.0 Å². The molecule has 4 aliphatic rings. The fourth-order valence-corrected chi connectivity index (χ4v) is 10.6. The summed E-state index contributed by atoms with van der Waals surface area (Å²) in [7, 11) is 6.40. The Balaban J connectivity index is 0.959. The van der Waals surface area contributed by atoms with Crippen LogP contribution in [0, 0.1) is 11.8 Å². The van der Waals surface area contributed by atoms with Crippen molar-refractivity contribution in [2.45, 2.75) is 122 Å². The van der Waals surface area contributed by atoms with Gasteiger partial charge in [0.2, 0.25) is 29.5 Å². The highest BCUT2D eigenvalue weighted by Crippen LogP contribution is 2.45. The third-order valence-electron chi connectivity index (χ3n) is 15.4. The van der Waals surface area contributed by atoms with Gasteiger partial charge in [-0.2, -0.15) is 0 Å². The van der Waals surface area contributed by atoms with Crippen LogP contribution in [-0.4, -0.2) is 153 Å². The average Bonchev–Trinajstić information content (AvgIpc) is 2.41. The summed E-state index contributed by atoms with van der Waals surface area (Å²) in [5.74, 6) is -0.914. The van der Waals surface area contributed by atoms with Crippen LogP contribution in [0.25, 0.3) is 5.57 Å². The summed E-state index contributed by atoms with van der Waals surface area (Å²) in [6.07, 6.45) is 9.34. The summed E-state index contributed by atoms with van der Waals surface area (Å²) >= 11 is 0. The van der Waals surface area contributed by atoms with Crippen LogP contribution < -0.4 is 55.3 Å². The van der Waals surface area contributed by atoms with Crippen molar-refractivity contribution < 1.29 is 57.2 Å². The molecule has 3 unspecified atom stereocenters. The van der Waals surface area contributed by atoms with Gasteiger partial charge in [-0.1, -0.05) is 58.9 Å². The topological polar surface area (TPSA) is 251 Å². The number of ether oxygens (including phenoxy) is 5. The Morgan fingerprint density at radius 1 is 0.843 bits per heavy atom. The number of aliphatic imine (C=N–C) groups is 1. The molecule has 7 atom stereocenters. The Hall–Kier alpha value is -8.24. The number of rotatable bonds is 30. The Labute approximate surface area is 485 Å². The van der Waals surface area contributed by atoms with E-state index in [1.165, 1.54) is 25.3 Å². The summed E-state index contributed by atoms with van der Waals surface area (Å²) in [5.41, 5.74) is 6.54. The number of imide groups is 1. The number of nitrogens with zero attached hydrogens (tertiary/aromatic N) is 5. The number of amides is 7. The van der Waals surface area contributed by atoms with Gasteiger partial charge in [-0.15, -0.1) is 6.58 Å². The molecular formula is C61H80N10O12. The Morgan fingerprint density at radius 3 is 2.19 bits per heavy atom. The lowest BCUT2D eigenvalue weighted by Gasteiger charge is -2.56. The molecule has 7 rings (SSSR count). The molecule has 83 heavy (non-hydrogen) atoms. The molecule has 7 amide bonds. The van der Waals surface area contributed by atoms with E-state index >= 15 is 0 Å². The Morgan fingerprint density at radius 2 is 1.54 bits per heavy atom. The Bertz CT molecular complexity index is 2960. The first-order valence-electron chi connectivity index (χ1n) is 28.3. The molecule has 4 heterocycles. The van der Waals surface area contributed by atoms with Crippen LogP contribution in [0.3, 0.4) is 0 Å². The maximum Gasteiger partial charge on any atom is 0.260 e. The number of methoxy groups -OCH3 is 3. The second kappa shape index (κ2) is 28.6. The van der Waals surface area contributed by atoms with Crippen LogP contribution in [0.2, 0.25) is 0 Å². The lowest BCUT2D eigenvalue weighted by Crippen LogP contribution is -2.71. The zero-order valence-electron chi connectivity index (χ0n) is 49.1. The van der Waals surface area contributed by atoms with Crippen molar-refractivity contribution in [2.75, 3.05) is 59.6 Å². The molecule has 4 aliphatic heterocycles. The molecule has 0 aromatic heterocycles. The minimum atomic E-state index is -1.03. The second-order valence-corrected chi connectivity index (χ2v) is 21.3. The van der Waals surface area contributed by atoms with E-state index < -0.39 is 42.0 Å². The molecule has 0 saturated carbocycles. The first-order chi connectivity index (χ1) is 39.9. The first-order valence-corrected chi connectivity index (χ1v) is 28.3. The van der Waals surface area contributed by atoms with E-state index in [0.717, 1.165) is 16.9 Å². The highest BCUT2D eigenvalue weighted by molar-refractivity contribution is 6.06. The number of fused-ring (bicyclic) bond motifs is 2. The average molecular weight is 1150 g/mol. The van der Waals surface area contributed by atoms with Gasteiger partial charge in [-0.3, -0.25) is 43.5 Å². The quantitative estimate of drug-likeness (QED) is 0.0221. The number of anilines is 1. The predicted molar refractivity (Wildman–Crippen MR) is 315 cm³/mol. The third-order valence-corrected chi connectivity index (χ3v) is 15.4. The van der Waals surface area contributed by atoms with Gasteiger partial charge in [0.05, 0.1) is 69.5 Å². The third kappa shape index (κ3) is 14.7. The lowest BCUT2D eigenvalue weighted by atomic mass is 9.82. The van der Waals surface area contributed by atoms with Crippen molar-refractivity contribution in [3.05, 3.63) is 96.9 Å². The van der Waals surface area contributed by atoms with Gasteiger partial charge in [-0.05, 0) is 73.7 Å². The second-order valence-electron chi connectivity index (χ2n) is 21.3. The number of unbranched alkanes of at least 4 members (excludes halogenated alkanes) is 2. The lowest BCUT2D eigenvalue weighted by molar-refractivity contribution is -0.139. The molecule has 3 aromatic carbocycles. The maximum atomic E-state index is 14.1. The minimum Gasteiger partial charge on any atom is -0.497 e. The van der Waals surface area contributed by atoms with E-state index in [-0.39, 0.29) is 91.5 Å². The first kappa shape index (κ1) is 62.4. The molecule has 446 valence electrons. The molecule has 3 aromatic rings. The maximum absolute atomic E-state index is 14.1. The summed E-state index contributed by atoms with van der Waals surface area (Å²) < 4.78 is 29.3. The minimum absolute atomic E-state index is 0.102. The Kier molecular flexibility index (Phi) is 21.5. The van der Waals surface area contributed by atoms with Gasteiger partial charge in [-0.25, -0.2) is 10.4 Å². The number of likely N-dealkylation sites (tertiary alicyclic amines) is 1. The summed E-state index contributed by atoms with van der Waals surface area (Å²) in [4.78, 5) is 104. The van der Waals surface area contributed by atoms with Crippen molar-refractivity contribution in [3.63, 3.8) is 0 Å². The number of nitrogens with one attached hydrogen (secondary N) is 5. The van der Waals surface area contributed by atoms with E-state index in [9.17, 15) is 33.6 Å². The summed E-state index contributed by atoms with van der Waals surface area (Å²) in [6, 6.07) is 11.3. The van der Waals surface area contributed by atoms with Crippen LogP contribution in [-0.2, 0) is 24.0 Å². The van der Waals surface area contributed by atoms with Gasteiger partial charge in [0, 0.05) is 75.9 Å². The monoisotopic (exact) mass is 1140 g/mol. The molecule has 2 saturated heterocycles. The van der Waals surface area contributed by atoms with E-state index in [2.05, 4.69) is 39.9 Å². The molecule has 0 aliphatic carbocycles. The molecule has 22 nitrogen and oxygen atoms in total. The molecule has 5 N–H and O–H groups in total. The van der Waals surface area contributed by atoms with Crippen molar-refractivity contribution in [1.82, 2.24) is 41.5 Å². The van der Waals surface area contributed by atoms with Gasteiger partial charge in [0.1, 0.15) is 30.0 Å². The van der Waals surface area contributed by atoms with E-state index in [0.29, 0.717) is 79.3 Å².